The van der Waals surface area contributed by atoms with Gasteiger partial charge in [-0.15, -0.1) is 21.5 Å². The van der Waals surface area contributed by atoms with Gasteiger partial charge < -0.3 is 9.67 Å². The number of carboxylic acids is 1. The molecule has 108 valence electrons. The molecule has 0 amide bonds. The van der Waals surface area contributed by atoms with Gasteiger partial charge in [0.05, 0.1) is 10.8 Å². The monoisotopic (exact) mass is 312 g/mol. The lowest BCUT2D eigenvalue weighted by Crippen LogP contribution is -2.09. The van der Waals surface area contributed by atoms with Gasteiger partial charge in [-0.05, 0) is 12.8 Å². The largest absolute Gasteiger partial charge is 0.481 e. The van der Waals surface area contributed by atoms with Crippen LogP contribution in [0.2, 0.25) is 0 Å². The number of thioether (sulfide) groups is 1. The average molecular weight is 312 g/mol. The van der Waals surface area contributed by atoms with Gasteiger partial charge in [0.25, 0.3) is 0 Å². The van der Waals surface area contributed by atoms with Crippen molar-refractivity contribution < 1.29 is 9.90 Å². The Hall–Kier alpha value is -1.41. The van der Waals surface area contributed by atoms with Gasteiger partial charge in [-0.2, -0.15) is 0 Å². The quantitative estimate of drug-likeness (QED) is 0.826. The van der Waals surface area contributed by atoms with Crippen molar-refractivity contribution in [3.63, 3.8) is 0 Å². The van der Waals surface area contributed by atoms with Crippen molar-refractivity contribution in [1.29, 1.82) is 0 Å². The van der Waals surface area contributed by atoms with Crippen molar-refractivity contribution in [3.8, 4) is 11.5 Å². The van der Waals surface area contributed by atoms with Crippen molar-refractivity contribution in [2.24, 2.45) is 5.92 Å². The Morgan fingerprint density at radius 1 is 1.50 bits per heavy atom. The highest BCUT2D eigenvalue weighted by Gasteiger charge is 2.17. The molecular weight excluding hydrogens is 296 g/mol. The normalized spacial score (nSPS) is 11.2. The zero-order valence-electron chi connectivity index (χ0n) is 11.5. The topological polar surface area (TPSA) is 80.9 Å². The molecule has 1 N–H and O–H groups in total. The van der Waals surface area contributed by atoms with Gasteiger partial charge in [-0.1, -0.05) is 25.6 Å². The first-order valence-electron chi connectivity index (χ1n) is 6.17. The summed E-state index contributed by atoms with van der Waals surface area (Å²) in [6, 6.07) is 0. The minimum atomic E-state index is -0.861. The van der Waals surface area contributed by atoms with E-state index in [1.807, 2.05) is 16.9 Å². The number of nitrogens with zero attached hydrogens (tertiary/aromatic N) is 4. The van der Waals surface area contributed by atoms with Crippen LogP contribution in [0.15, 0.2) is 10.5 Å². The van der Waals surface area contributed by atoms with Crippen molar-refractivity contribution in [2.75, 3.05) is 5.75 Å². The molecule has 0 aliphatic carbocycles. The Morgan fingerprint density at radius 2 is 2.25 bits per heavy atom. The number of aromatic nitrogens is 4. The summed E-state index contributed by atoms with van der Waals surface area (Å²) in [7, 11) is 0. The van der Waals surface area contributed by atoms with Gasteiger partial charge in [-0.25, -0.2) is 4.98 Å². The molecule has 0 aliphatic heterocycles. The number of aliphatic carboxylic acids is 1. The Bertz CT molecular complexity index is 606. The van der Waals surface area contributed by atoms with Gasteiger partial charge in [0.15, 0.2) is 11.0 Å². The molecular formula is C12H16N4O2S2. The molecule has 0 spiro atoms. The number of rotatable bonds is 6. The van der Waals surface area contributed by atoms with Gasteiger partial charge in [0.2, 0.25) is 0 Å². The van der Waals surface area contributed by atoms with Crippen LogP contribution in [0.1, 0.15) is 18.9 Å². The lowest BCUT2D eigenvalue weighted by Gasteiger charge is -2.10. The van der Waals surface area contributed by atoms with E-state index in [1.54, 1.807) is 11.3 Å². The third-order valence-corrected chi connectivity index (χ3v) is 4.16. The molecule has 2 heterocycles. The van der Waals surface area contributed by atoms with Crippen LogP contribution in [0.25, 0.3) is 11.5 Å². The summed E-state index contributed by atoms with van der Waals surface area (Å²) in [6.07, 6.45) is 0. The van der Waals surface area contributed by atoms with Crippen molar-refractivity contribution in [2.45, 2.75) is 32.5 Å². The molecule has 0 atom stereocenters. The molecule has 0 bridgehead atoms. The first-order valence-corrected chi connectivity index (χ1v) is 8.04. The summed E-state index contributed by atoms with van der Waals surface area (Å²) in [5, 5.41) is 20.6. The highest BCUT2D eigenvalue weighted by atomic mass is 32.2. The Balaban J connectivity index is 2.33. The van der Waals surface area contributed by atoms with Crippen molar-refractivity contribution in [1.82, 2.24) is 19.7 Å². The molecule has 2 rings (SSSR count). The summed E-state index contributed by atoms with van der Waals surface area (Å²) in [6.45, 7) is 6.88. The second-order valence-electron chi connectivity index (χ2n) is 4.74. The fourth-order valence-corrected chi connectivity index (χ4v) is 2.97. The molecule has 0 unspecified atom stereocenters. The number of thiazole rings is 1. The number of hydrogen-bond acceptors (Lipinski definition) is 6. The van der Waals surface area contributed by atoms with Crippen LogP contribution in [-0.4, -0.2) is 36.6 Å². The molecule has 2 aromatic rings. The molecule has 0 aromatic carbocycles. The van der Waals surface area contributed by atoms with Crippen LogP contribution >= 0.6 is 23.1 Å². The summed E-state index contributed by atoms with van der Waals surface area (Å²) in [5.74, 6) is 0.233. The molecule has 20 heavy (non-hydrogen) atoms. The molecule has 0 radical (unpaired) electrons. The molecule has 6 nitrogen and oxygen atoms in total. The highest BCUT2D eigenvalue weighted by molar-refractivity contribution is 7.99. The van der Waals surface area contributed by atoms with Crippen LogP contribution < -0.4 is 0 Å². The lowest BCUT2D eigenvalue weighted by molar-refractivity contribution is -0.133. The Kier molecular flexibility index (Phi) is 4.77. The number of aryl methyl sites for hydroxylation is 1. The van der Waals surface area contributed by atoms with Crippen LogP contribution in [0.5, 0.6) is 0 Å². The van der Waals surface area contributed by atoms with E-state index in [1.165, 1.54) is 11.8 Å². The standard InChI is InChI=1S/C12H16N4O2S2/c1-7(2)4-16-11(9-5-19-8(3)13-9)14-15-12(16)20-6-10(17)18/h5,7H,4,6H2,1-3H3,(H,17,18). The minimum absolute atomic E-state index is 0.0215. The second-order valence-corrected chi connectivity index (χ2v) is 6.75. The SMILES string of the molecule is Cc1nc(-c2nnc(SCC(=O)O)n2CC(C)C)cs1. The van der Waals surface area contributed by atoms with E-state index in [-0.39, 0.29) is 5.75 Å². The fraction of sp³-hybridized carbons (Fsp3) is 0.500. The number of carbonyl (C=O) groups is 1. The van der Waals surface area contributed by atoms with Crippen LogP contribution in [0.4, 0.5) is 0 Å². The summed E-state index contributed by atoms with van der Waals surface area (Å²) in [4.78, 5) is 15.1. The van der Waals surface area contributed by atoms with Gasteiger partial charge >= 0.3 is 5.97 Å². The minimum Gasteiger partial charge on any atom is -0.481 e. The first-order chi connectivity index (χ1) is 9.47. The zero-order valence-corrected chi connectivity index (χ0v) is 13.2. The molecule has 0 fully saturated rings. The molecule has 0 saturated carbocycles. The maximum atomic E-state index is 10.7. The van der Waals surface area contributed by atoms with Crippen molar-refractivity contribution in [3.05, 3.63) is 10.4 Å². The van der Waals surface area contributed by atoms with E-state index in [0.717, 1.165) is 17.2 Å². The Labute approximate surface area is 125 Å². The van der Waals surface area contributed by atoms with E-state index >= 15 is 0 Å². The average Bonchev–Trinajstić information content (AvgIpc) is 2.93. The smallest absolute Gasteiger partial charge is 0.313 e. The third-order valence-electron chi connectivity index (χ3n) is 2.44. The predicted octanol–water partition coefficient (Wildman–Crippen LogP) is 2.54. The third kappa shape index (κ3) is 3.57. The maximum Gasteiger partial charge on any atom is 0.313 e. The van der Waals surface area contributed by atoms with E-state index in [9.17, 15) is 4.79 Å². The molecule has 0 aliphatic rings. The van der Waals surface area contributed by atoms with E-state index < -0.39 is 5.97 Å². The van der Waals surface area contributed by atoms with Crippen LogP contribution in [0.3, 0.4) is 0 Å². The molecule has 2 aromatic heterocycles. The van der Waals surface area contributed by atoms with Gasteiger partial charge in [-0.3, -0.25) is 4.79 Å². The van der Waals surface area contributed by atoms with Gasteiger partial charge in [0, 0.05) is 11.9 Å². The van der Waals surface area contributed by atoms with E-state index in [0.29, 0.717) is 16.9 Å². The Morgan fingerprint density at radius 3 is 2.80 bits per heavy atom. The zero-order chi connectivity index (χ0) is 14.7. The van der Waals surface area contributed by atoms with E-state index in [2.05, 4.69) is 29.0 Å². The van der Waals surface area contributed by atoms with Crippen molar-refractivity contribution >= 4 is 29.1 Å². The predicted molar refractivity (Wildman–Crippen MR) is 79.1 cm³/mol. The molecule has 0 saturated heterocycles. The highest BCUT2D eigenvalue weighted by Crippen LogP contribution is 2.26. The van der Waals surface area contributed by atoms with Crippen LogP contribution in [-0.2, 0) is 11.3 Å². The lowest BCUT2D eigenvalue weighted by atomic mass is 10.2. The number of hydrogen-bond donors (Lipinski definition) is 1. The van der Waals surface area contributed by atoms with Crippen LogP contribution in [0, 0.1) is 12.8 Å². The summed E-state index contributed by atoms with van der Waals surface area (Å²) in [5.41, 5.74) is 0.794. The fourth-order valence-electron chi connectivity index (χ4n) is 1.71. The maximum absolute atomic E-state index is 10.7. The molecule has 8 heteroatoms. The summed E-state index contributed by atoms with van der Waals surface area (Å²) >= 11 is 2.75. The second kappa shape index (κ2) is 6.36. The van der Waals surface area contributed by atoms with E-state index in [4.69, 9.17) is 5.11 Å². The number of carboxylic acid groups (broad SMARTS) is 1. The van der Waals surface area contributed by atoms with Gasteiger partial charge in [0.1, 0.15) is 5.69 Å². The first kappa shape index (κ1) is 15.0. The summed E-state index contributed by atoms with van der Waals surface area (Å²) < 4.78 is 1.95.